The van der Waals surface area contributed by atoms with E-state index in [9.17, 15) is 15.3 Å². The van der Waals surface area contributed by atoms with Gasteiger partial charge < -0.3 is 9.73 Å². The van der Waals surface area contributed by atoms with Crippen molar-refractivity contribution in [2.24, 2.45) is 0 Å². The van der Waals surface area contributed by atoms with E-state index < -0.39 is 5.91 Å². The summed E-state index contributed by atoms with van der Waals surface area (Å²) >= 11 is 7.44. The number of halogens is 1. The number of furan rings is 1. The molecule has 4 rings (SSSR count). The van der Waals surface area contributed by atoms with Crippen molar-refractivity contribution < 1.29 is 9.21 Å². The van der Waals surface area contributed by atoms with Crippen molar-refractivity contribution in [3.05, 3.63) is 68.8 Å². The van der Waals surface area contributed by atoms with Crippen molar-refractivity contribution in [3.63, 3.8) is 0 Å². The van der Waals surface area contributed by atoms with Gasteiger partial charge in [0.2, 0.25) is 0 Å². The van der Waals surface area contributed by atoms with Crippen LogP contribution >= 0.6 is 22.9 Å². The zero-order valence-electron chi connectivity index (χ0n) is 15.9. The highest BCUT2D eigenvalue weighted by atomic mass is 35.5. The summed E-state index contributed by atoms with van der Waals surface area (Å²) in [6, 6.07) is 14.8. The van der Waals surface area contributed by atoms with Crippen molar-refractivity contribution in [1.82, 2.24) is 0 Å². The van der Waals surface area contributed by atoms with Crippen molar-refractivity contribution in [1.29, 1.82) is 10.5 Å². The summed E-state index contributed by atoms with van der Waals surface area (Å²) in [6.07, 6.45) is 5.29. The first-order valence-electron chi connectivity index (χ1n) is 9.42. The van der Waals surface area contributed by atoms with Crippen molar-refractivity contribution in [3.8, 4) is 23.5 Å². The number of aryl methyl sites for hydroxylation is 1. The Kier molecular flexibility index (Phi) is 5.72. The standard InChI is InChI=1S/C23H16ClN3O2S/c24-16-5-3-4-14(10-16)20-9-8-17(29-20)11-15(12-25)22(28)27-23-19(13-26)18-6-1-2-7-21(18)30-23/h3-5,8-11H,1-2,6-7H2,(H,27,28). The number of thiophene rings is 1. The fourth-order valence-corrected chi connectivity index (χ4v) is 4.89. The number of nitrogens with one attached hydrogen (secondary N) is 1. The topological polar surface area (TPSA) is 89.8 Å². The van der Waals surface area contributed by atoms with Crippen LogP contribution in [0, 0.1) is 22.7 Å². The van der Waals surface area contributed by atoms with Gasteiger partial charge in [0.1, 0.15) is 34.2 Å². The molecule has 148 valence electrons. The number of nitriles is 2. The minimum Gasteiger partial charge on any atom is -0.457 e. The molecule has 1 aliphatic rings. The van der Waals surface area contributed by atoms with Gasteiger partial charge >= 0.3 is 0 Å². The molecule has 0 bridgehead atoms. The Bertz CT molecular complexity index is 1240. The maximum Gasteiger partial charge on any atom is 0.267 e. The van der Waals surface area contributed by atoms with Crippen LogP contribution in [0.2, 0.25) is 5.02 Å². The third-order valence-corrected chi connectivity index (χ3v) is 6.34. The number of rotatable bonds is 4. The Morgan fingerprint density at radius 2 is 2.03 bits per heavy atom. The number of amides is 1. The summed E-state index contributed by atoms with van der Waals surface area (Å²) in [7, 11) is 0. The molecule has 7 heteroatoms. The lowest BCUT2D eigenvalue weighted by molar-refractivity contribution is -0.112. The van der Waals surface area contributed by atoms with Gasteiger partial charge in [-0.2, -0.15) is 10.5 Å². The number of hydrogen-bond acceptors (Lipinski definition) is 5. The fourth-order valence-electron chi connectivity index (χ4n) is 3.46. The molecule has 2 heterocycles. The number of hydrogen-bond donors (Lipinski definition) is 1. The molecule has 5 nitrogen and oxygen atoms in total. The lowest BCUT2D eigenvalue weighted by atomic mass is 9.96. The van der Waals surface area contributed by atoms with Gasteiger partial charge in [-0.25, -0.2) is 0 Å². The molecule has 3 aromatic rings. The van der Waals surface area contributed by atoms with Crippen LogP contribution in [0.25, 0.3) is 17.4 Å². The first kappa shape index (κ1) is 20.0. The SMILES string of the molecule is N#CC(=Cc1ccc(-c2cccc(Cl)c2)o1)C(=O)Nc1sc2c(c1C#N)CCCC2. The summed E-state index contributed by atoms with van der Waals surface area (Å²) in [6.45, 7) is 0. The van der Waals surface area contributed by atoms with E-state index in [0.717, 1.165) is 41.7 Å². The van der Waals surface area contributed by atoms with Crippen LogP contribution in [0.15, 0.2) is 46.4 Å². The number of anilines is 1. The van der Waals surface area contributed by atoms with E-state index in [0.29, 0.717) is 27.1 Å². The molecule has 1 aromatic carbocycles. The van der Waals surface area contributed by atoms with Gasteiger partial charge in [-0.1, -0.05) is 23.7 Å². The molecule has 0 spiro atoms. The van der Waals surface area contributed by atoms with Crippen LogP contribution in [-0.2, 0) is 17.6 Å². The summed E-state index contributed by atoms with van der Waals surface area (Å²) in [4.78, 5) is 13.8. The summed E-state index contributed by atoms with van der Waals surface area (Å²) in [5.74, 6) is 0.398. The third kappa shape index (κ3) is 4.02. The van der Waals surface area contributed by atoms with Gasteiger partial charge in [0, 0.05) is 21.5 Å². The quantitative estimate of drug-likeness (QED) is 0.406. The highest BCUT2D eigenvalue weighted by molar-refractivity contribution is 7.16. The van der Waals surface area contributed by atoms with Crippen LogP contribution in [0.1, 0.15) is 34.6 Å². The highest BCUT2D eigenvalue weighted by Crippen LogP contribution is 2.37. The van der Waals surface area contributed by atoms with E-state index in [-0.39, 0.29) is 5.57 Å². The molecule has 1 aliphatic carbocycles. The van der Waals surface area contributed by atoms with Crippen molar-refractivity contribution in [2.45, 2.75) is 25.7 Å². The van der Waals surface area contributed by atoms with Crippen molar-refractivity contribution >= 4 is 39.9 Å². The molecular weight excluding hydrogens is 418 g/mol. The zero-order chi connectivity index (χ0) is 21.1. The Morgan fingerprint density at radius 3 is 2.80 bits per heavy atom. The maximum absolute atomic E-state index is 12.7. The Labute approximate surface area is 182 Å². The number of carbonyl (C=O) groups is 1. The Balaban J connectivity index is 1.57. The molecule has 1 amide bonds. The molecule has 0 saturated heterocycles. The molecule has 0 fully saturated rings. The van der Waals surface area contributed by atoms with Crippen LogP contribution in [0.4, 0.5) is 5.00 Å². The largest absolute Gasteiger partial charge is 0.457 e. The summed E-state index contributed by atoms with van der Waals surface area (Å²) in [5.41, 5.74) is 2.25. The van der Waals surface area contributed by atoms with Crippen molar-refractivity contribution in [2.75, 3.05) is 5.32 Å². The van der Waals surface area contributed by atoms with Gasteiger partial charge in [-0.15, -0.1) is 11.3 Å². The van der Waals surface area contributed by atoms with E-state index in [1.807, 2.05) is 18.2 Å². The smallest absolute Gasteiger partial charge is 0.267 e. The summed E-state index contributed by atoms with van der Waals surface area (Å²) in [5, 5.41) is 22.9. The second-order valence-electron chi connectivity index (χ2n) is 6.86. The minimum absolute atomic E-state index is 0.0998. The van der Waals surface area contributed by atoms with E-state index >= 15 is 0 Å². The molecule has 0 unspecified atom stereocenters. The van der Waals surface area contributed by atoms with Crippen LogP contribution < -0.4 is 5.32 Å². The molecule has 0 radical (unpaired) electrons. The average molecular weight is 434 g/mol. The van der Waals surface area contributed by atoms with E-state index in [2.05, 4.69) is 11.4 Å². The number of nitrogens with zero attached hydrogens (tertiary/aromatic N) is 2. The van der Waals surface area contributed by atoms with E-state index in [1.54, 1.807) is 24.3 Å². The van der Waals surface area contributed by atoms with Gasteiger partial charge in [0.05, 0.1) is 5.56 Å². The van der Waals surface area contributed by atoms with Gasteiger partial charge in [0.25, 0.3) is 5.91 Å². The van der Waals surface area contributed by atoms with Crippen LogP contribution in [-0.4, -0.2) is 5.91 Å². The van der Waals surface area contributed by atoms with Gasteiger partial charge in [-0.05, 0) is 55.5 Å². The first-order valence-corrected chi connectivity index (χ1v) is 10.6. The molecule has 1 N–H and O–H groups in total. The lowest BCUT2D eigenvalue weighted by Gasteiger charge is -2.09. The van der Waals surface area contributed by atoms with E-state index in [4.69, 9.17) is 16.0 Å². The molecule has 0 aliphatic heterocycles. The van der Waals surface area contributed by atoms with Crippen LogP contribution in [0.5, 0.6) is 0 Å². The van der Waals surface area contributed by atoms with Gasteiger partial charge in [0.15, 0.2) is 0 Å². The first-order chi connectivity index (χ1) is 14.6. The molecule has 0 atom stereocenters. The Morgan fingerprint density at radius 1 is 1.20 bits per heavy atom. The Hall–Kier alpha value is -3.32. The highest BCUT2D eigenvalue weighted by Gasteiger charge is 2.22. The molecule has 30 heavy (non-hydrogen) atoms. The minimum atomic E-state index is -0.562. The molecule has 0 saturated carbocycles. The second kappa shape index (κ2) is 8.59. The molecular formula is C23H16ClN3O2S. The fraction of sp³-hybridized carbons (Fsp3) is 0.174. The van der Waals surface area contributed by atoms with E-state index in [1.165, 1.54) is 17.4 Å². The van der Waals surface area contributed by atoms with Crippen LogP contribution in [0.3, 0.4) is 0 Å². The lowest BCUT2D eigenvalue weighted by Crippen LogP contribution is -2.13. The summed E-state index contributed by atoms with van der Waals surface area (Å²) < 4.78 is 5.75. The average Bonchev–Trinajstić information content (AvgIpc) is 3.35. The normalized spacial score (nSPS) is 13.2. The predicted octanol–water partition coefficient (Wildman–Crippen LogP) is 5.96. The molecule has 2 aromatic heterocycles. The zero-order valence-corrected chi connectivity index (χ0v) is 17.4. The monoisotopic (exact) mass is 433 g/mol. The van der Waals surface area contributed by atoms with Gasteiger partial charge in [-0.3, -0.25) is 4.79 Å². The number of benzene rings is 1. The second-order valence-corrected chi connectivity index (χ2v) is 8.40. The third-order valence-electron chi connectivity index (χ3n) is 4.90. The number of carbonyl (C=O) groups excluding carboxylic acids is 1. The maximum atomic E-state index is 12.7. The number of fused-ring (bicyclic) bond motifs is 1. The predicted molar refractivity (Wildman–Crippen MR) is 117 cm³/mol.